The van der Waals surface area contributed by atoms with Gasteiger partial charge in [-0.1, -0.05) is 18.2 Å². The molecule has 1 aromatic carbocycles. The second-order valence-electron chi connectivity index (χ2n) is 4.11. The predicted octanol–water partition coefficient (Wildman–Crippen LogP) is 0.584. The van der Waals surface area contributed by atoms with E-state index in [9.17, 15) is 5.11 Å². The second-order valence-corrected chi connectivity index (χ2v) is 4.11. The van der Waals surface area contributed by atoms with Crippen molar-refractivity contribution in [2.24, 2.45) is 0 Å². The Kier molecular flexibility index (Phi) is 4.14. The third kappa shape index (κ3) is 3.06. The number of hydrogen-bond acceptors (Lipinski definition) is 3. The van der Waals surface area contributed by atoms with E-state index in [1.54, 1.807) is 0 Å². The van der Waals surface area contributed by atoms with E-state index >= 15 is 0 Å². The number of rotatable bonds is 6. The summed E-state index contributed by atoms with van der Waals surface area (Å²) in [4.78, 5) is 0. The van der Waals surface area contributed by atoms with Crippen LogP contribution in [0.2, 0.25) is 0 Å². The van der Waals surface area contributed by atoms with Crippen LogP contribution in [0.25, 0.3) is 10.9 Å². The number of nitrogens with one attached hydrogen (secondary N) is 1. The maximum Gasteiger partial charge on any atom is 0.0843 e. The minimum Gasteiger partial charge on any atom is -0.395 e. The lowest BCUT2D eigenvalue weighted by atomic mass is 10.2. The van der Waals surface area contributed by atoms with Gasteiger partial charge in [0.25, 0.3) is 0 Å². The lowest BCUT2D eigenvalue weighted by Gasteiger charge is -2.13. The molecule has 0 spiro atoms. The number of nitrogens with zero attached hydrogens (tertiary/aromatic N) is 1. The van der Waals surface area contributed by atoms with Crippen LogP contribution < -0.4 is 5.32 Å². The third-order valence-electron chi connectivity index (χ3n) is 2.76. The molecule has 1 atom stereocenters. The highest BCUT2D eigenvalue weighted by molar-refractivity contribution is 5.79. The molecule has 0 aliphatic carbocycles. The first kappa shape index (κ1) is 12.1. The molecule has 0 radical (unpaired) electrons. The highest BCUT2D eigenvalue weighted by Crippen LogP contribution is 2.15. The molecule has 0 saturated carbocycles. The van der Waals surface area contributed by atoms with Gasteiger partial charge in [0.15, 0.2) is 0 Å². The fourth-order valence-corrected chi connectivity index (χ4v) is 1.94. The van der Waals surface area contributed by atoms with Gasteiger partial charge >= 0.3 is 0 Å². The molecule has 0 unspecified atom stereocenters. The molecule has 2 aromatic rings. The zero-order valence-electron chi connectivity index (χ0n) is 9.71. The molecular formula is C13H18N2O2. The van der Waals surface area contributed by atoms with Gasteiger partial charge in [0.05, 0.1) is 12.7 Å². The summed E-state index contributed by atoms with van der Waals surface area (Å²) < 4.78 is 2.04. The molecule has 4 nitrogen and oxygen atoms in total. The Morgan fingerprint density at radius 2 is 2.06 bits per heavy atom. The zero-order chi connectivity index (χ0) is 12.1. The van der Waals surface area contributed by atoms with Crippen LogP contribution in [0.4, 0.5) is 0 Å². The summed E-state index contributed by atoms with van der Waals surface area (Å²) in [6.45, 7) is 1.67. The largest absolute Gasteiger partial charge is 0.395 e. The van der Waals surface area contributed by atoms with Crippen molar-refractivity contribution >= 4 is 10.9 Å². The Balaban J connectivity index is 1.98. The number of aliphatic hydroxyl groups is 2. The van der Waals surface area contributed by atoms with Crippen molar-refractivity contribution in [1.82, 2.24) is 9.88 Å². The summed E-state index contributed by atoms with van der Waals surface area (Å²) in [5.41, 5.74) is 1.13. The molecule has 17 heavy (non-hydrogen) atoms. The number of benzene rings is 1. The SMILES string of the molecule is OCCNC[C@@H](O)Cn1ccc2ccccc21. The van der Waals surface area contributed by atoms with E-state index in [-0.39, 0.29) is 6.61 Å². The first-order chi connectivity index (χ1) is 8.31. The highest BCUT2D eigenvalue weighted by Gasteiger charge is 2.06. The summed E-state index contributed by atoms with van der Waals surface area (Å²) in [5, 5.41) is 22.6. The Labute approximate surface area is 100 Å². The quantitative estimate of drug-likeness (QED) is 0.641. The molecule has 1 aromatic heterocycles. The molecule has 1 heterocycles. The standard InChI is InChI=1S/C13H18N2O2/c16-8-6-14-9-12(17)10-15-7-5-11-3-1-2-4-13(11)15/h1-5,7,12,14,16-17H,6,8-10H2/t12-/m1/s1. The van der Waals surface area contributed by atoms with Gasteiger partial charge in [-0.15, -0.1) is 0 Å². The normalized spacial score (nSPS) is 13.1. The molecule has 0 amide bonds. The zero-order valence-corrected chi connectivity index (χ0v) is 9.71. The van der Waals surface area contributed by atoms with Gasteiger partial charge in [0.1, 0.15) is 0 Å². The van der Waals surface area contributed by atoms with Crippen LogP contribution in [0.5, 0.6) is 0 Å². The summed E-state index contributed by atoms with van der Waals surface area (Å²) in [5.74, 6) is 0. The number of hydrogen-bond donors (Lipinski definition) is 3. The van der Waals surface area contributed by atoms with Crippen molar-refractivity contribution in [3.8, 4) is 0 Å². The Hall–Kier alpha value is -1.36. The fraction of sp³-hybridized carbons (Fsp3) is 0.385. The third-order valence-corrected chi connectivity index (χ3v) is 2.76. The first-order valence-corrected chi connectivity index (χ1v) is 5.85. The molecule has 0 bridgehead atoms. The van der Waals surface area contributed by atoms with Gasteiger partial charge in [-0.2, -0.15) is 0 Å². The Morgan fingerprint density at radius 1 is 1.24 bits per heavy atom. The molecule has 3 N–H and O–H groups in total. The van der Waals surface area contributed by atoms with Gasteiger partial charge < -0.3 is 20.1 Å². The lowest BCUT2D eigenvalue weighted by molar-refractivity contribution is 0.150. The number of para-hydroxylation sites is 1. The van der Waals surface area contributed by atoms with Gasteiger partial charge in [0.2, 0.25) is 0 Å². The van der Waals surface area contributed by atoms with Gasteiger partial charge in [0, 0.05) is 31.3 Å². The average Bonchev–Trinajstić information content (AvgIpc) is 2.73. The van der Waals surface area contributed by atoms with E-state index in [4.69, 9.17) is 5.11 Å². The van der Waals surface area contributed by atoms with E-state index in [0.29, 0.717) is 19.6 Å². The molecule has 4 heteroatoms. The van der Waals surface area contributed by atoms with E-state index in [1.165, 1.54) is 5.39 Å². The van der Waals surface area contributed by atoms with E-state index in [2.05, 4.69) is 11.4 Å². The monoisotopic (exact) mass is 234 g/mol. The maximum absolute atomic E-state index is 9.84. The minimum atomic E-state index is -0.447. The fourth-order valence-electron chi connectivity index (χ4n) is 1.94. The number of aliphatic hydroxyl groups excluding tert-OH is 2. The van der Waals surface area contributed by atoms with Crippen LogP contribution in [-0.4, -0.2) is 40.6 Å². The Bertz CT molecular complexity index is 467. The van der Waals surface area contributed by atoms with E-state index in [1.807, 2.05) is 35.0 Å². The minimum absolute atomic E-state index is 0.0964. The smallest absolute Gasteiger partial charge is 0.0843 e. The van der Waals surface area contributed by atoms with Gasteiger partial charge in [-0.05, 0) is 17.5 Å². The van der Waals surface area contributed by atoms with Crippen LogP contribution in [0.15, 0.2) is 36.5 Å². The van der Waals surface area contributed by atoms with Crippen molar-refractivity contribution in [3.63, 3.8) is 0 Å². The van der Waals surface area contributed by atoms with Gasteiger partial charge in [-0.25, -0.2) is 0 Å². The van der Waals surface area contributed by atoms with Crippen molar-refractivity contribution in [2.75, 3.05) is 19.7 Å². The first-order valence-electron chi connectivity index (χ1n) is 5.85. The van der Waals surface area contributed by atoms with Crippen molar-refractivity contribution in [3.05, 3.63) is 36.5 Å². The predicted molar refractivity (Wildman–Crippen MR) is 67.9 cm³/mol. The molecule has 2 rings (SSSR count). The molecule has 0 saturated heterocycles. The molecule has 0 aliphatic rings. The van der Waals surface area contributed by atoms with E-state index in [0.717, 1.165) is 5.52 Å². The van der Waals surface area contributed by atoms with Crippen LogP contribution in [0.3, 0.4) is 0 Å². The summed E-state index contributed by atoms with van der Waals surface area (Å²) in [6, 6.07) is 10.1. The van der Waals surface area contributed by atoms with Crippen LogP contribution >= 0.6 is 0 Å². The molecule has 0 fully saturated rings. The highest BCUT2D eigenvalue weighted by atomic mass is 16.3. The molecule has 92 valence electrons. The number of fused-ring (bicyclic) bond motifs is 1. The van der Waals surface area contributed by atoms with Gasteiger partial charge in [-0.3, -0.25) is 0 Å². The molecule has 0 aliphatic heterocycles. The second kappa shape index (κ2) is 5.82. The van der Waals surface area contributed by atoms with Crippen LogP contribution in [0, 0.1) is 0 Å². The van der Waals surface area contributed by atoms with E-state index < -0.39 is 6.10 Å². The van der Waals surface area contributed by atoms with Crippen molar-refractivity contribution in [1.29, 1.82) is 0 Å². The van der Waals surface area contributed by atoms with Crippen LogP contribution in [-0.2, 0) is 6.54 Å². The summed E-state index contributed by atoms with van der Waals surface area (Å²) >= 11 is 0. The average molecular weight is 234 g/mol. The Morgan fingerprint density at radius 3 is 2.88 bits per heavy atom. The lowest BCUT2D eigenvalue weighted by Crippen LogP contribution is -2.31. The maximum atomic E-state index is 9.84. The topological polar surface area (TPSA) is 57.4 Å². The summed E-state index contributed by atoms with van der Waals surface area (Å²) in [7, 11) is 0. The van der Waals surface area contributed by atoms with Crippen molar-refractivity contribution < 1.29 is 10.2 Å². The van der Waals surface area contributed by atoms with Crippen LogP contribution in [0.1, 0.15) is 0 Å². The summed E-state index contributed by atoms with van der Waals surface area (Å²) in [6.07, 6.45) is 1.54. The van der Waals surface area contributed by atoms with Crippen molar-refractivity contribution in [2.45, 2.75) is 12.6 Å². The molecular weight excluding hydrogens is 216 g/mol. The number of aromatic nitrogens is 1.